The molecule has 2 saturated heterocycles. The third-order valence-electron chi connectivity index (χ3n) is 5.04. The van der Waals surface area contributed by atoms with Crippen molar-refractivity contribution in [1.29, 1.82) is 0 Å². The van der Waals surface area contributed by atoms with Crippen LogP contribution in [0.3, 0.4) is 0 Å². The molecular formula is C20H23FN2O3. The monoisotopic (exact) mass is 358 g/mol. The number of rotatable bonds is 5. The summed E-state index contributed by atoms with van der Waals surface area (Å²) in [4.78, 5) is 6.34. The van der Waals surface area contributed by atoms with E-state index in [-0.39, 0.29) is 17.6 Å². The first-order valence-corrected chi connectivity index (χ1v) is 8.92. The first-order chi connectivity index (χ1) is 12.7. The standard InChI is InChI=1S/C20H23FN2O3/c1-24-16-6-4-15(5-7-16)12-23-13-20(14-23)11-17(8-10-25-20)26-19-18(21)3-2-9-22-19/h2-7,9,17H,8,10-14H2,1H3/t17-/m0/s1. The number of hydrogen-bond donors (Lipinski definition) is 0. The maximum absolute atomic E-state index is 13.8. The summed E-state index contributed by atoms with van der Waals surface area (Å²) in [6, 6.07) is 11.1. The van der Waals surface area contributed by atoms with Gasteiger partial charge in [-0.1, -0.05) is 12.1 Å². The Morgan fingerprint density at radius 2 is 2.08 bits per heavy atom. The number of hydrogen-bond acceptors (Lipinski definition) is 5. The van der Waals surface area contributed by atoms with Gasteiger partial charge in [0.15, 0.2) is 5.82 Å². The molecule has 0 saturated carbocycles. The van der Waals surface area contributed by atoms with Crippen LogP contribution in [0.1, 0.15) is 18.4 Å². The second-order valence-corrected chi connectivity index (χ2v) is 7.05. The van der Waals surface area contributed by atoms with Gasteiger partial charge in [0.25, 0.3) is 5.88 Å². The highest BCUT2D eigenvalue weighted by Crippen LogP contribution is 2.36. The zero-order chi connectivity index (χ0) is 18.0. The number of halogens is 1. The zero-order valence-electron chi connectivity index (χ0n) is 14.9. The van der Waals surface area contributed by atoms with Crippen LogP contribution in [0.25, 0.3) is 0 Å². The number of methoxy groups -OCH3 is 1. The topological polar surface area (TPSA) is 43.8 Å². The molecule has 2 aliphatic heterocycles. The van der Waals surface area contributed by atoms with Gasteiger partial charge in [-0.05, 0) is 29.8 Å². The lowest BCUT2D eigenvalue weighted by molar-refractivity contribution is -0.188. The molecule has 2 aromatic rings. The van der Waals surface area contributed by atoms with Crippen LogP contribution >= 0.6 is 0 Å². The van der Waals surface area contributed by atoms with E-state index in [0.717, 1.165) is 38.2 Å². The number of benzene rings is 1. The van der Waals surface area contributed by atoms with E-state index in [0.29, 0.717) is 6.61 Å². The fourth-order valence-corrected chi connectivity index (χ4v) is 3.79. The molecule has 0 aliphatic carbocycles. The van der Waals surface area contributed by atoms with Crippen molar-refractivity contribution < 1.29 is 18.6 Å². The van der Waals surface area contributed by atoms with Crippen LogP contribution in [0.4, 0.5) is 4.39 Å². The first kappa shape index (κ1) is 17.2. The molecule has 0 bridgehead atoms. The van der Waals surface area contributed by atoms with Crippen LogP contribution in [0, 0.1) is 5.82 Å². The molecule has 6 heteroatoms. The van der Waals surface area contributed by atoms with E-state index < -0.39 is 5.82 Å². The summed E-state index contributed by atoms with van der Waals surface area (Å²) in [7, 11) is 1.67. The maximum Gasteiger partial charge on any atom is 0.250 e. The van der Waals surface area contributed by atoms with Crippen LogP contribution in [0.5, 0.6) is 11.6 Å². The van der Waals surface area contributed by atoms with Crippen molar-refractivity contribution in [1.82, 2.24) is 9.88 Å². The predicted octanol–water partition coefficient (Wildman–Crippen LogP) is 3.04. The summed E-state index contributed by atoms with van der Waals surface area (Å²) in [5, 5.41) is 0. The molecule has 0 amide bonds. The van der Waals surface area contributed by atoms with Gasteiger partial charge in [0, 0.05) is 38.7 Å². The van der Waals surface area contributed by atoms with Crippen molar-refractivity contribution in [3.05, 3.63) is 54.0 Å². The largest absolute Gasteiger partial charge is 0.497 e. The fourth-order valence-electron chi connectivity index (χ4n) is 3.79. The smallest absolute Gasteiger partial charge is 0.250 e. The molecule has 0 unspecified atom stereocenters. The molecule has 1 spiro atoms. The SMILES string of the molecule is COc1ccc(CN2CC3(C[C@@H](Oc4ncccc4F)CCO3)C2)cc1. The number of aromatic nitrogens is 1. The van der Waals surface area contributed by atoms with Gasteiger partial charge in [-0.2, -0.15) is 0 Å². The summed E-state index contributed by atoms with van der Waals surface area (Å²) in [6.07, 6.45) is 3.02. The van der Waals surface area contributed by atoms with Crippen molar-refractivity contribution in [3.63, 3.8) is 0 Å². The van der Waals surface area contributed by atoms with E-state index in [1.165, 1.54) is 11.6 Å². The third kappa shape index (κ3) is 3.66. The molecule has 4 rings (SSSR count). The average molecular weight is 358 g/mol. The first-order valence-electron chi connectivity index (χ1n) is 8.92. The minimum atomic E-state index is -0.414. The molecule has 3 heterocycles. The van der Waals surface area contributed by atoms with Gasteiger partial charge in [-0.15, -0.1) is 0 Å². The number of ether oxygens (including phenoxy) is 3. The van der Waals surface area contributed by atoms with Crippen LogP contribution in [-0.2, 0) is 11.3 Å². The molecule has 0 N–H and O–H groups in total. The summed E-state index contributed by atoms with van der Waals surface area (Å²) >= 11 is 0. The molecule has 0 radical (unpaired) electrons. The quantitative estimate of drug-likeness (QED) is 0.822. The third-order valence-corrected chi connectivity index (χ3v) is 5.04. The Balaban J connectivity index is 1.32. The van der Waals surface area contributed by atoms with Crippen LogP contribution in [-0.4, -0.2) is 48.4 Å². The van der Waals surface area contributed by atoms with E-state index in [1.54, 1.807) is 19.4 Å². The summed E-state index contributed by atoms with van der Waals surface area (Å²) < 4.78 is 30.8. The maximum atomic E-state index is 13.8. The van der Waals surface area contributed by atoms with Crippen molar-refractivity contribution in [2.75, 3.05) is 26.8 Å². The van der Waals surface area contributed by atoms with Crippen LogP contribution in [0.15, 0.2) is 42.6 Å². The number of pyridine rings is 1. The molecule has 5 nitrogen and oxygen atoms in total. The van der Waals surface area contributed by atoms with Gasteiger partial charge in [-0.3, -0.25) is 4.90 Å². The summed E-state index contributed by atoms with van der Waals surface area (Å²) in [6.45, 7) is 3.25. The second-order valence-electron chi connectivity index (χ2n) is 7.05. The van der Waals surface area contributed by atoms with Crippen molar-refractivity contribution in [2.24, 2.45) is 0 Å². The Hall–Kier alpha value is -2.18. The highest BCUT2D eigenvalue weighted by molar-refractivity contribution is 5.27. The molecule has 1 aromatic heterocycles. The second kappa shape index (κ2) is 7.21. The Kier molecular flexibility index (Phi) is 4.78. The van der Waals surface area contributed by atoms with E-state index >= 15 is 0 Å². The normalized spacial score (nSPS) is 22.0. The van der Waals surface area contributed by atoms with Gasteiger partial charge >= 0.3 is 0 Å². The Morgan fingerprint density at radius 1 is 1.27 bits per heavy atom. The molecule has 1 aromatic carbocycles. The zero-order valence-corrected chi connectivity index (χ0v) is 14.9. The molecule has 138 valence electrons. The van der Waals surface area contributed by atoms with Crippen molar-refractivity contribution in [3.8, 4) is 11.6 Å². The van der Waals surface area contributed by atoms with E-state index in [9.17, 15) is 4.39 Å². The van der Waals surface area contributed by atoms with Gasteiger partial charge in [0.1, 0.15) is 11.9 Å². The minimum absolute atomic E-state index is 0.0590. The number of likely N-dealkylation sites (tertiary alicyclic amines) is 1. The predicted molar refractivity (Wildman–Crippen MR) is 94.8 cm³/mol. The van der Waals surface area contributed by atoms with Crippen LogP contribution < -0.4 is 9.47 Å². The van der Waals surface area contributed by atoms with Gasteiger partial charge in [0.2, 0.25) is 0 Å². The molecule has 26 heavy (non-hydrogen) atoms. The lowest BCUT2D eigenvalue weighted by Gasteiger charge is -2.53. The van der Waals surface area contributed by atoms with E-state index in [1.807, 2.05) is 12.1 Å². The van der Waals surface area contributed by atoms with Gasteiger partial charge < -0.3 is 14.2 Å². The van der Waals surface area contributed by atoms with Gasteiger partial charge in [-0.25, -0.2) is 9.37 Å². The summed E-state index contributed by atoms with van der Waals surface area (Å²) in [5.74, 6) is 0.540. The van der Waals surface area contributed by atoms with Crippen molar-refractivity contribution in [2.45, 2.75) is 31.1 Å². The minimum Gasteiger partial charge on any atom is -0.497 e. The Bertz CT molecular complexity index is 747. The van der Waals surface area contributed by atoms with Gasteiger partial charge in [0.05, 0.1) is 19.3 Å². The Morgan fingerprint density at radius 3 is 2.81 bits per heavy atom. The summed E-state index contributed by atoms with van der Waals surface area (Å²) in [5.41, 5.74) is 1.07. The van der Waals surface area contributed by atoms with Crippen molar-refractivity contribution >= 4 is 0 Å². The highest BCUT2D eigenvalue weighted by atomic mass is 19.1. The van der Waals surface area contributed by atoms with E-state index in [2.05, 4.69) is 22.0 Å². The lowest BCUT2D eigenvalue weighted by Crippen LogP contribution is -2.65. The average Bonchev–Trinajstić information content (AvgIpc) is 2.63. The molecule has 2 fully saturated rings. The number of nitrogens with zero attached hydrogens (tertiary/aromatic N) is 2. The fraction of sp³-hybridized carbons (Fsp3) is 0.450. The van der Waals surface area contributed by atoms with Crippen LogP contribution in [0.2, 0.25) is 0 Å². The Labute approximate surface area is 152 Å². The highest BCUT2D eigenvalue weighted by Gasteiger charge is 2.48. The molecule has 2 aliphatic rings. The molecule has 1 atom stereocenters. The van der Waals surface area contributed by atoms with E-state index in [4.69, 9.17) is 14.2 Å². The molecular weight excluding hydrogens is 335 g/mol. The lowest BCUT2D eigenvalue weighted by atomic mass is 9.84.